The van der Waals surface area contributed by atoms with Crippen molar-refractivity contribution in [3.8, 4) is 0 Å². The Morgan fingerprint density at radius 2 is 1.88 bits per heavy atom. The molecule has 0 saturated heterocycles. The quantitative estimate of drug-likeness (QED) is 0.343. The summed E-state index contributed by atoms with van der Waals surface area (Å²) in [6.45, 7) is 8.28. The normalized spacial score (nSPS) is 9.88. The summed E-state index contributed by atoms with van der Waals surface area (Å²) in [6, 6.07) is 0. The van der Waals surface area contributed by atoms with Gasteiger partial charge in [-0.05, 0) is 20.3 Å². The maximum atomic E-state index is 11.2. The number of carbonyl (C=O) groups is 2. The number of ether oxygens (including phenoxy) is 2. The zero-order chi connectivity index (χ0) is 12.4. The lowest BCUT2D eigenvalue weighted by molar-refractivity contribution is -0.144. The van der Waals surface area contributed by atoms with Crippen LogP contribution in [0.5, 0.6) is 0 Å². The summed E-state index contributed by atoms with van der Waals surface area (Å²) in [6.07, 6.45) is 1.08. The molecule has 0 bridgehead atoms. The van der Waals surface area contributed by atoms with E-state index in [0.29, 0.717) is 13.2 Å². The van der Waals surface area contributed by atoms with E-state index in [2.05, 4.69) is 6.58 Å². The third kappa shape index (κ3) is 9.40. The molecule has 4 heteroatoms. The first-order valence-electron chi connectivity index (χ1n) is 5.45. The Balaban J connectivity index is 3.44. The van der Waals surface area contributed by atoms with E-state index in [1.54, 1.807) is 6.92 Å². The maximum absolute atomic E-state index is 11.2. The third-order valence-electron chi connectivity index (χ3n) is 1.85. The van der Waals surface area contributed by atoms with Gasteiger partial charge < -0.3 is 9.47 Å². The molecule has 0 aromatic carbocycles. The lowest BCUT2D eigenvalue weighted by Gasteiger charge is -2.03. The Labute approximate surface area is 96.6 Å². The van der Waals surface area contributed by atoms with Gasteiger partial charge in [0.2, 0.25) is 0 Å². The Morgan fingerprint density at radius 1 is 1.19 bits per heavy atom. The minimum absolute atomic E-state index is 0.0622. The van der Waals surface area contributed by atoms with Crippen molar-refractivity contribution in [2.45, 2.75) is 33.1 Å². The van der Waals surface area contributed by atoms with Gasteiger partial charge in [-0.15, -0.1) is 6.58 Å². The van der Waals surface area contributed by atoms with Crippen LogP contribution in [0.4, 0.5) is 0 Å². The highest BCUT2D eigenvalue weighted by Gasteiger charge is 2.07. The molecule has 0 aliphatic heterocycles. The van der Waals surface area contributed by atoms with Gasteiger partial charge in [-0.25, -0.2) is 0 Å². The van der Waals surface area contributed by atoms with Crippen molar-refractivity contribution >= 4 is 11.8 Å². The number of hydrogen-bond acceptors (Lipinski definition) is 4. The summed E-state index contributed by atoms with van der Waals surface area (Å²) in [5.74, 6) is -0.410. The van der Waals surface area contributed by atoms with Gasteiger partial charge in [-0.2, -0.15) is 0 Å². The van der Waals surface area contributed by atoms with Crippen molar-refractivity contribution in [1.29, 1.82) is 0 Å². The van der Waals surface area contributed by atoms with Gasteiger partial charge in [0.1, 0.15) is 6.61 Å². The minimum atomic E-state index is -0.335. The molecule has 0 atom stereocenters. The zero-order valence-electron chi connectivity index (χ0n) is 10.1. The van der Waals surface area contributed by atoms with Crippen LogP contribution in [0.1, 0.15) is 33.1 Å². The monoisotopic (exact) mass is 228 g/mol. The fourth-order valence-electron chi connectivity index (χ4n) is 0.979. The maximum Gasteiger partial charge on any atom is 0.306 e. The van der Waals surface area contributed by atoms with Crippen molar-refractivity contribution in [2.75, 3.05) is 19.8 Å². The summed E-state index contributed by atoms with van der Waals surface area (Å²) in [5, 5.41) is 0. The highest BCUT2D eigenvalue weighted by atomic mass is 16.5. The Kier molecular flexibility index (Phi) is 8.43. The number of Topliss-reactive ketones (excluding diaryl/α,β-unsaturated/α-hetero) is 1. The third-order valence-corrected chi connectivity index (χ3v) is 1.85. The minimum Gasteiger partial charge on any atom is -0.466 e. The number of esters is 1. The predicted octanol–water partition coefficient (Wildman–Crippen LogP) is 1.88. The lowest BCUT2D eigenvalue weighted by Crippen LogP contribution is -2.12. The average Bonchev–Trinajstić information content (AvgIpc) is 2.22. The number of hydrogen-bond donors (Lipinski definition) is 0. The standard InChI is InChI=1S/C12H20O4/c1-4-16-12(14)6-5-11(13)9-15-8-7-10(2)3/h2,4-9H2,1,3H3. The van der Waals surface area contributed by atoms with Crippen molar-refractivity contribution in [1.82, 2.24) is 0 Å². The van der Waals surface area contributed by atoms with Crippen molar-refractivity contribution in [3.63, 3.8) is 0 Å². The molecule has 0 spiro atoms. The molecule has 0 N–H and O–H groups in total. The van der Waals surface area contributed by atoms with E-state index in [1.165, 1.54) is 0 Å². The highest BCUT2D eigenvalue weighted by Crippen LogP contribution is 1.98. The van der Waals surface area contributed by atoms with Crippen LogP contribution in [-0.4, -0.2) is 31.6 Å². The first-order valence-corrected chi connectivity index (χ1v) is 5.45. The zero-order valence-corrected chi connectivity index (χ0v) is 10.1. The smallest absolute Gasteiger partial charge is 0.306 e. The van der Waals surface area contributed by atoms with Crippen LogP contribution in [0.2, 0.25) is 0 Å². The fourth-order valence-corrected chi connectivity index (χ4v) is 0.979. The predicted molar refractivity (Wildman–Crippen MR) is 61.1 cm³/mol. The van der Waals surface area contributed by atoms with Crippen LogP contribution in [0, 0.1) is 0 Å². The molecule has 0 rings (SSSR count). The van der Waals surface area contributed by atoms with Crippen LogP contribution in [0.25, 0.3) is 0 Å². The molecule has 0 fully saturated rings. The van der Waals surface area contributed by atoms with Crippen molar-refractivity contribution in [3.05, 3.63) is 12.2 Å². The largest absolute Gasteiger partial charge is 0.466 e. The van der Waals surface area contributed by atoms with Gasteiger partial charge >= 0.3 is 5.97 Å². The van der Waals surface area contributed by atoms with E-state index in [1.807, 2.05) is 6.92 Å². The van der Waals surface area contributed by atoms with E-state index < -0.39 is 0 Å². The fraction of sp³-hybridized carbons (Fsp3) is 0.667. The lowest BCUT2D eigenvalue weighted by atomic mass is 10.2. The summed E-state index contributed by atoms with van der Waals surface area (Å²) in [4.78, 5) is 22.2. The molecule has 0 radical (unpaired) electrons. The second kappa shape index (κ2) is 9.09. The molecule has 0 aliphatic carbocycles. The molecule has 0 aromatic heterocycles. The van der Waals surface area contributed by atoms with E-state index >= 15 is 0 Å². The molecule has 0 unspecified atom stereocenters. The molecule has 0 aromatic rings. The molecule has 0 amide bonds. The van der Waals surface area contributed by atoms with E-state index in [0.717, 1.165) is 12.0 Å². The first kappa shape index (κ1) is 14.8. The highest BCUT2D eigenvalue weighted by molar-refractivity contribution is 5.83. The molecule has 4 nitrogen and oxygen atoms in total. The van der Waals surface area contributed by atoms with Gasteiger partial charge in [-0.3, -0.25) is 9.59 Å². The van der Waals surface area contributed by atoms with E-state index in [9.17, 15) is 9.59 Å². The van der Waals surface area contributed by atoms with Gasteiger partial charge in [-0.1, -0.05) is 5.57 Å². The van der Waals surface area contributed by atoms with E-state index in [4.69, 9.17) is 9.47 Å². The first-order chi connectivity index (χ1) is 7.56. The molecule has 0 aliphatic rings. The van der Waals surface area contributed by atoms with Crippen LogP contribution in [0.15, 0.2) is 12.2 Å². The summed E-state index contributed by atoms with van der Waals surface area (Å²) in [7, 11) is 0. The van der Waals surface area contributed by atoms with Gasteiger partial charge in [0.25, 0.3) is 0 Å². The average molecular weight is 228 g/mol. The molecule has 0 heterocycles. The SMILES string of the molecule is C=C(C)CCOCC(=O)CCC(=O)OCC. The number of rotatable bonds is 9. The Morgan fingerprint density at radius 3 is 2.44 bits per heavy atom. The van der Waals surface area contributed by atoms with Gasteiger partial charge in [0.15, 0.2) is 5.78 Å². The summed E-state index contributed by atoms with van der Waals surface area (Å²) >= 11 is 0. The van der Waals surface area contributed by atoms with E-state index in [-0.39, 0.29) is 31.2 Å². The van der Waals surface area contributed by atoms with Crippen LogP contribution < -0.4 is 0 Å². The van der Waals surface area contributed by atoms with Crippen LogP contribution in [0.3, 0.4) is 0 Å². The second-order valence-electron chi connectivity index (χ2n) is 3.60. The molecule has 0 saturated carbocycles. The number of ketones is 1. The molecule has 16 heavy (non-hydrogen) atoms. The van der Waals surface area contributed by atoms with Crippen molar-refractivity contribution < 1.29 is 19.1 Å². The van der Waals surface area contributed by atoms with Gasteiger partial charge in [0, 0.05) is 6.42 Å². The summed E-state index contributed by atoms with van der Waals surface area (Å²) in [5.41, 5.74) is 1.03. The van der Waals surface area contributed by atoms with Crippen LogP contribution >= 0.6 is 0 Å². The Hall–Kier alpha value is -1.16. The summed E-state index contributed by atoms with van der Waals surface area (Å²) < 4.78 is 9.84. The molecular weight excluding hydrogens is 208 g/mol. The second-order valence-corrected chi connectivity index (χ2v) is 3.60. The van der Waals surface area contributed by atoms with Crippen molar-refractivity contribution in [2.24, 2.45) is 0 Å². The number of carbonyl (C=O) groups excluding carboxylic acids is 2. The van der Waals surface area contributed by atoms with Crippen LogP contribution in [-0.2, 0) is 19.1 Å². The topological polar surface area (TPSA) is 52.6 Å². The molecule has 92 valence electrons. The van der Waals surface area contributed by atoms with Gasteiger partial charge in [0.05, 0.1) is 19.6 Å². The Bertz CT molecular complexity index is 245. The molecular formula is C12H20O4.